The quantitative estimate of drug-likeness (QED) is 0.321. The standard InChI is InChI=1S/C26H19Cl2N3O2S/c1-16-3-2-4-17(13-16)14-23-25(33)31(21-11-7-19(28)8-12-21)26(34-23)22(15-29)24(32)30-20-9-5-18(27)6-10-20/h2-13,23H,14H2,1H3,(H,30,32). The van der Waals surface area contributed by atoms with Crippen LogP contribution in [0.5, 0.6) is 0 Å². The zero-order chi connectivity index (χ0) is 24.2. The van der Waals surface area contributed by atoms with Crippen LogP contribution in [0, 0.1) is 18.3 Å². The highest BCUT2D eigenvalue weighted by Gasteiger charge is 2.40. The monoisotopic (exact) mass is 507 g/mol. The fraction of sp³-hybridized carbons (Fsp3) is 0.115. The van der Waals surface area contributed by atoms with Gasteiger partial charge in [0.2, 0.25) is 5.91 Å². The fourth-order valence-electron chi connectivity index (χ4n) is 3.59. The number of hydrogen-bond donors (Lipinski definition) is 1. The summed E-state index contributed by atoms with van der Waals surface area (Å²) in [6.45, 7) is 1.99. The summed E-state index contributed by atoms with van der Waals surface area (Å²) >= 11 is 13.2. The molecule has 1 fully saturated rings. The van der Waals surface area contributed by atoms with Gasteiger partial charge in [0, 0.05) is 21.4 Å². The van der Waals surface area contributed by atoms with E-state index < -0.39 is 11.2 Å². The van der Waals surface area contributed by atoms with Crippen LogP contribution in [0.25, 0.3) is 0 Å². The van der Waals surface area contributed by atoms with Crippen molar-refractivity contribution < 1.29 is 9.59 Å². The van der Waals surface area contributed by atoms with Gasteiger partial charge in [-0.3, -0.25) is 14.5 Å². The molecule has 0 spiro atoms. The Hall–Kier alpha value is -3.24. The number of carbonyl (C=O) groups is 2. The summed E-state index contributed by atoms with van der Waals surface area (Å²) < 4.78 is 0. The molecule has 170 valence electrons. The summed E-state index contributed by atoms with van der Waals surface area (Å²) in [4.78, 5) is 28.0. The Morgan fingerprint density at radius 3 is 2.32 bits per heavy atom. The molecule has 2 amide bonds. The van der Waals surface area contributed by atoms with Crippen LogP contribution in [0.1, 0.15) is 11.1 Å². The Labute approximate surface area is 212 Å². The van der Waals surface area contributed by atoms with Gasteiger partial charge >= 0.3 is 0 Å². The summed E-state index contributed by atoms with van der Waals surface area (Å²) in [5.74, 6) is -0.800. The van der Waals surface area contributed by atoms with Gasteiger partial charge in [-0.15, -0.1) is 0 Å². The van der Waals surface area contributed by atoms with Crippen LogP contribution in [0.2, 0.25) is 10.0 Å². The largest absolute Gasteiger partial charge is 0.321 e. The molecule has 4 rings (SSSR count). The SMILES string of the molecule is Cc1cccc(CC2SC(=C(C#N)C(=O)Nc3ccc(Cl)cc3)N(c3ccc(Cl)cc3)C2=O)c1. The minimum absolute atomic E-state index is 0.144. The van der Waals surface area contributed by atoms with Crippen molar-refractivity contribution in [1.29, 1.82) is 5.26 Å². The third-order valence-electron chi connectivity index (χ3n) is 5.20. The lowest BCUT2D eigenvalue weighted by Crippen LogP contribution is -2.30. The van der Waals surface area contributed by atoms with Crippen LogP contribution in [0.4, 0.5) is 11.4 Å². The maximum Gasteiger partial charge on any atom is 0.269 e. The summed E-state index contributed by atoms with van der Waals surface area (Å²) in [5, 5.41) is 13.5. The van der Waals surface area contributed by atoms with Gasteiger partial charge in [0.05, 0.1) is 5.25 Å². The number of aryl methyl sites for hydroxylation is 1. The minimum atomic E-state index is -0.602. The van der Waals surface area contributed by atoms with Crippen molar-refractivity contribution in [2.45, 2.75) is 18.6 Å². The molecule has 5 nitrogen and oxygen atoms in total. The molecular formula is C26H19Cl2N3O2S. The summed E-state index contributed by atoms with van der Waals surface area (Å²) in [6.07, 6.45) is 0.469. The van der Waals surface area contributed by atoms with Crippen LogP contribution in [-0.2, 0) is 16.0 Å². The van der Waals surface area contributed by atoms with Gasteiger partial charge in [-0.05, 0) is 67.4 Å². The highest BCUT2D eigenvalue weighted by atomic mass is 35.5. The van der Waals surface area contributed by atoms with E-state index in [4.69, 9.17) is 23.2 Å². The average Bonchev–Trinajstić information content (AvgIpc) is 3.12. The number of anilines is 2. The van der Waals surface area contributed by atoms with E-state index in [-0.39, 0.29) is 11.5 Å². The molecule has 0 aromatic heterocycles. The number of benzene rings is 3. The van der Waals surface area contributed by atoms with Crippen LogP contribution in [0.3, 0.4) is 0 Å². The second kappa shape index (κ2) is 10.4. The number of amides is 2. The maximum absolute atomic E-state index is 13.5. The molecule has 1 heterocycles. The second-order valence-corrected chi connectivity index (χ2v) is 9.77. The Bertz CT molecular complexity index is 1320. The number of nitriles is 1. The van der Waals surface area contributed by atoms with Crippen LogP contribution >= 0.6 is 35.0 Å². The van der Waals surface area contributed by atoms with E-state index in [9.17, 15) is 14.9 Å². The van der Waals surface area contributed by atoms with Gasteiger partial charge in [0.1, 0.15) is 16.7 Å². The number of halogens is 2. The molecule has 3 aromatic rings. The molecule has 1 aliphatic heterocycles. The van der Waals surface area contributed by atoms with Crippen molar-refractivity contribution in [2.24, 2.45) is 0 Å². The molecule has 0 saturated carbocycles. The molecule has 1 saturated heterocycles. The Morgan fingerprint density at radius 2 is 1.71 bits per heavy atom. The van der Waals surface area contributed by atoms with E-state index in [0.29, 0.717) is 32.9 Å². The lowest BCUT2D eigenvalue weighted by Gasteiger charge is -2.19. The molecule has 1 atom stereocenters. The first-order valence-electron chi connectivity index (χ1n) is 10.4. The first-order chi connectivity index (χ1) is 16.4. The van der Waals surface area contributed by atoms with Gasteiger partial charge in [-0.1, -0.05) is 64.8 Å². The van der Waals surface area contributed by atoms with Gasteiger partial charge in [0.15, 0.2) is 0 Å². The highest BCUT2D eigenvalue weighted by Crippen LogP contribution is 2.42. The van der Waals surface area contributed by atoms with Crippen molar-refractivity contribution in [1.82, 2.24) is 0 Å². The molecule has 0 aliphatic carbocycles. The third kappa shape index (κ3) is 5.28. The average molecular weight is 508 g/mol. The van der Waals surface area contributed by atoms with Crippen LogP contribution < -0.4 is 10.2 Å². The van der Waals surface area contributed by atoms with Crippen molar-refractivity contribution >= 4 is 58.2 Å². The molecule has 0 radical (unpaired) electrons. The summed E-state index contributed by atoms with van der Waals surface area (Å²) in [7, 11) is 0. The van der Waals surface area contributed by atoms with E-state index in [1.54, 1.807) is 48.5 Å². The number of nitrogens with zero attached hydrogens (tertiary/aromatic N) is 2. The number of thioether (sulfide) groups is 1. The number of carbonyl (C=O) groups excluding carboxylic acids is 2. The number of hydrogen-bond acceptors (Lipinski definition) is 4. The predicted molar refractivity (Wildman–Crippen MR) is 138 cm³/mol. The van der Waals surface area contributed by atoms with Gasteiger partial charge < -0.3 is 5.32 Å². The molecule has 3 aromatic carbocycles. The molecule has 8 heteroatoms. The lowest BCUT2D eigenvalue weighted by molar-refractivity contribution is -0.117. The Balaban J connectivity index is 1.72. The highest BCUT2D eigenvalue weighted by molar-refractivity contribution is 8.05. The maximum atomic E-state index is 13.5. The summed E-state index contributed by atoms with van der Waals surface area (Å²) in [5.41, 5.74) is 2.99. The topological polar surface area (TPSA) is 73.2 Å². The van der Waals surface area contributed by atoms with Crippen LogP contribution in [0.15, 0.2) is 83.4 Å². The van der Waals surface area contributed by atoms with E-state index in [2.05, 4.69) is 5.32 Å². The molecule has 1 N–H and O–H groups in total. The smallest absolute Gasteiger partial charge is 0.269 e. The molecule has 34 heavy (non-hydrogen) atoms. The predicted octanol–water partition coefficient (Wildman–Crippen LogP) is 6.37. The zero-order valence-electron chi connectivity index (χ0n) is 18.1. The van der Waals surface area contributed by atoms with E-state index >= 15 is 0 Å². The van der Waals surface area contributed by atoms with E-state index in [0.717, 1.165) is 11.1 Å². The molecule has 0 bridgehead atoms. The molecular weight excluding hydrogens is 489 g/mol. The normalized spacial score (nSPS) is 16.8. The Morgan fingerprint density at radius 1 is 1.06 bits per heavy atom. The van der Waals surface area contributed by atoms with E-state index in [1.807, 2.05) is 37.3 Å². The van der Waals surface area contributed by atoms with Crippen molar-refractivity contribution in [3.8, 4) is 6.07 Å². The van der Waals surface area contributed by atoms with Gasteiger partial charge in [0.25, 0.3) is 5.91 Å². The first kappa shape index (κ1) is 23.9. The molecule has 1 aliphatic rings. The van der Waals surface area contributed by atoms with Gasteiger partial charge in [-0.25, -0.2) is 0 Å². The number of rotatable bonds is 5. The lowest BCUT2D eigenvalue weighted by atomic mass is 10.1. The minimum Gasteiger partial charge on any atom is -0.321 e. The first-order valence-corrected chi connectivity index (χ1v) is 12.0. The number of nitrogens with one attached hydrogen (secondary N) is 1. The zero-order valence-corrected chi connectivity index (χ0v) is 20.4. The summed E-state index contributed by atoms with van der Waals surface area (Å²) in [6, 6.07) is 23.2. The van der Waals surface area contributed by atoms with Crippen LogP contribution in [-0.4, -0.2) is 17.1 Å². The fourth-order valence-corrected chi connectivity index (χ4v) is 5.15. The van der Waals surface area contributed by atoms with Crippen molar-refractivity contribution in [3.05, 3.63) is 105 Å². The van der Waals surface area contributed by atoms with Crippen molar-refractivity contribution in [2.75, 3.05) is 10.2 Å². The van der Waals surface area contributed by atoms with Gasteiger partial charge in [-0.2, -0.15) is 5.26 Å². The molecule has 1 unspecified atom stereocenters. The Kier molecular flexibility index (Phi) is 7.28. The van der Waals surface area contributed by atoms with Crippen molar-refractivity contribution in [3.63, 3.8) is 0 Å². The third-order valence-corrected chi connectivity index (χ3v) is 6.96. The van der Waals surface area contributed by atoms with E-state index in [1.165, 1.54) is 16.7 Å². The second-order valence-electron chi connectivity index (χ2n) is 7.70.